The van der Waals surface area contributed by atoms with Crippen molar-refractivity contribution in [1.82, 2.24) is 10.2 Å². The Morgan fingerprint density at radius 1 is 0.912 bits per heavy atom. The van der Waals surface area contributed by atoms with Crippen LogP contribution in [0.15, 0.2) is 66.7 Å². The van der Waals surface area contributed by atoms with Crippen molar-refractivity contribution in [2.75, 3.05) is 25.1 Å². The van der Waals surface area contributed by atoms with E-state index in [1.54, 1.807) is 7.11 Å². The van der Waals surface area contributed by atoms with Crippen LogP contribution in [0, 0.1) is 11.3 Å². The van der Waals surface area contributed by atoms with E-state index in [0.29, 0.717) is 17.0 Å². The predicted molar refractivity (Wildman–Crippen MR) is 134 cm³/mol. The van der Waals surface area contributed by atoms with Gasteiger partial charge < -0.3 is 14.4 Å². The number of rotatable bonds is 4. The first-order chi connectivity index (χ1) is 16.6. The molecule has 1 aliphatic heterocycles. The zero-order chi connectivity index (χ0) is 23.7. The van der Waals surface area contributed by atoms with E-state index in [-0.39, 0.29) is 12.2 Å². The average Bonchev–Trinajstić information content (AvgIpc) is 2.87. The van der Waals surface area contributed by atoms with Gasteiger partial charge in [0.05, 0.1) is 31.0 Å². The summed E-state index contributed by atoms with van der Waals surface area (Å²) in [5.41, 5.74) is 6.15. The van der Waals surface area contributed by atoms with Gasteiger partial charge in [-0.3, -0.25) is 0 Å². The summed E-state index contributed by atoms with van der Waals surface area (Å²) in [4.78, 5) is 2.36. The summed E-state index contributed by atoms with van der Waals surface area (Å²) >= 11 is 0. The minimum atomic E-state index is 0.208. The molecule has 170 valence electrons. The molecule has 2 heterocycles. The van der Waals surface area contributed by atoms with Crippen LogP contribution in [0.3, 0.4) is 0 Å². The van der Waals surface area contributed by atoms with Crippen LogP contribution in [0.4, 0.5) is 5.69 Å². The van der Waals surface area contributed by atoms with Gasteiger partial charge in [0.25, 0.3) is 0 Å². The Hall–Kier alpha value is -3.95. The highest BCUT2D eigenvalue weighted by molar-refractivity contribution is 5.99. The molecule has 2 atom stereocenters. The van der Waals surface area contributed by atoms with Crippen molar-refractivity contribution >= 4 is 16.6 Å². The van der Waals surface area contributed by atoms with E-state index in [4.69, 9.17) is 14.7 Å². The molecule has 3 aromatic carbocycles. The van der Waals surface area contributed by atoms with Crippen molar-refractivity contribution in [3.8, 4) is 34.2 Å². The van der Waals surface area contributed by atoms with Gasteiger partial charge >= 0.3 is 0 Å². The molecule has 0 aliphatic carbocycles. The van der Waals surface area contributed by atoms with E-state index in [2.05, 4.69) is 59.3 Å². The van der Waals surface area contributed by atoms with E-state index in [9.17, 15) is 0 Å². The lowest BCUT2D eigenvalue weighted by atomic mass is 9.99. The number of anilines is 1. The molecule has 5 rings (SSSR count). The van der Waals surface area contributed by atoms with Crippen LogP contribution in [-0.2, 0) is 4.74 Å². The molecule has 1 aromatic heterocycles. The van der Waals surface area contributed by atoms with Crippen LogP contribution in [0.25, 0.3) is 33.3 Å². The summed E-state index contributed by atoms with van der Waals surface area (Å²) in [7, 11) is 1.67. The molecule has 0 N–H and O–H groups in total. The molecule has 6 heteroatoms. The Morgan fingerprint density at radius 2 is 1.59 bits per heavy atom. The van der Waals surface area contributed by atoms with Gasteiger partial charge in [0.15, 0.2) is 5.75 Å². The second kappa shape index (κ2) is 9.12. The summed E-state index contributed by atoms with van der Waals surface area (Å²) in [6.45, 7) is 5.97. The van der Waals surface area contributed by atoms with Gasteiger partial charge in [-0.05, 0) is 49.7 Å². The molecular formula is C28H26N4O2. The number of benzene rings is 3. The Morgan fingerprint density at radius 3 is 2.24 bits per heavy atom. The molecule has 1 aliphatic rings. The maximum absolute atomic E-state index is 9.10. The number of ether oxygens (including phenoxy) is 2. The summed E-state index contributed by atoms with van der Waals surface area (Å²) in [5.74, 6) is 0.696. The number of morpholine rings is 1. The molecule has 34 heavy (non-hydrogen) atoms. The number of methoxy groups -OCH3 is 1. The molecule has 4 aromatic rings. The lowest BCUT2D eigenvalue weighted by molar-refractivity contribution is -0.00521. The molecule has 1 fully saturated rings. The monoisotopic (exact) mass is 450 g/mol. The van der Waals surface area contributed by atoms with E-state index in [1.807, 2.05) is 42.5 Å². The third-order valence-electron chi connectivity index (χ3n) is 6.20. The SMILES string of the molecule is COc1c(-c2ccc(N3C[C@@H](C)O[C@@H](C)C3)cc2)nnc2c(-c3ccc(C#N)cc3)cccc12. The molecule has 6 nitrogen and oxygen atoms in total. The van der Waals surface area contributed by atoms with Crippen molar-refractivity contribution < 1.29 is 9.47 Å². The fraction of sp³-hybridized carbons (Fsp3) is 0.250. The van der Waals surface area contributed by atoms with Gasteiger partial charge in [0.2, 0.25) is 0 Å². The summed E-state index contributed by atoms with van der Waals surface area (Å²) in [5, 5.41) is 19.2. The summed E-state index contributed by atoms with van der Waals surface area (Å²) < 4.78 is 11.7. The molecule has 0 saturated carbocycles. The predicted octanol–water partition coefficient (Wildman–Crippen LogP) is 5.46. The van der Waals surface area contributed by atoms with Gasteiger partial charge in [0.1, 0.15) is 11.2 Å². The quantitative estimate of drug-likeness (QED) is 0.411. The minimum Gasteiger partial charge on any atom is -0.494 e. The molecule has 1 saturated heterocycles. The van der Waals surface area contributed by atoms with Crippen molar-refractivity contribution in [3.63, 3.8) is 0 Å². The van der Waals surface area contributed by atoms with E-state index < -0.39 is 0 Å². The minimum absolute atomic E-state index is 0.208. The van der Waals surface area contributed by atoms with Crippen LogP contribution in [0.1, 0.15) is 19.4 Å². The number of nitrogens with zero attached hydrogens (tertiary/aromatic N) is 4. The number of hydrogen-bond donors (Lipinski definition) is 0. The Kier molecular flexibility index (Phi) is 5.87. The third kappa shape index (κ3) is 4.07. The van der Waals surface area contributed by atoms with E-state index in [0.717, 1.165) is 40.7 Å². The van der Waals surface area contributed by atoms with Crippen LogP contribution in [-0.4, -0.2) is 42.6 Å². The average molecular weight is 451 g/mol. The fourth-order valence-corrected chi connectivity index (χ4v) is 4.68. The largest absolute Gasteiger partial charge is 0.494 e. The first kappa shape index (κ1) is 21.9. The normalized spacial score (nSPS) is 18.0. The van der Waals surface area contributed by atoms with Gasteiger partial charge in [-0.15, -0.1) is 10.2 Å². The highest BCUT2D eigenvalue weighted by Gasteiger charge is 2.23. The second-order valence-electron chi connectivity index (χ2n) is 8.68. The lowest BCUT2D eigenvalue weighted by Crippen LogP contribution is -2.45. The molecule has 0 spiro atoms. The van der Waals surface area contributed by atoms with Crippen LogP contribution in [0.5, 0.6) is 5.75 Å². The highest BCUT2D eigenvalue weighted by Crippen LogP contribution is 2.38. The Labute approximate surface area is 199 Å². The maximum Gasteiger partial charge on any atom is 0.156 e. The molecule has 0 amide bonds. The smallest absolute Gasteiger partial charge is 0.156 e. The van der Waals surface area contributed by atoms with E-state index >= 15 is 0 Å². The van der Waals surface area contributed by atoms with E-state index in [1.165, 1.54) is 5.69 Å². The Balaban J connectivity index is 1.52. The Bertz CT molecular complexity index is 1350. The summed E-state index contributed by atoms with van der Waals surface area (Å²) in [6.07, 6.45) is 0.417. The summed E-state index contributed by atoms with van der Waals surface area (Å²) in [6, 6.07) is 24.0. The maximum atomic E-state index is 9.10. The van der Waals surface area contributed by atoms with Crippen LogP contribution >= 0.6 is 0 Å². The number of aromatic nitrogens is 2. The van der Waals surface area contributed by atoms with Gasteiger partial charge in [-0.1, -0.05) is 36.4 Å². The van der Waals surface area contributed by atoms with Gasteiger partial charge in [-0.25, -0.2) is 0 Å². The van der Waals surface area contributed by atoms with Crippen molar-refractivity contribution in [3.05, 3.63) is 72.3 Å². The van der Waals surface area contributed by atoms with Crippen molar-refractivity contribution in [1.29, 1.82) is 5.26 Å². The van der Waals surface area contributed by atoms with Gasteiger partial charge in [-0.2, -0.15) is 5.26 Å². The first-order valence-electron chi connectivity index (χ1n) is 11.4. The number of fused-ring (bicyclic) bond motifs is 1. The topological polar surface area (TPSA) is 71.3 Å². The molecule has 0 bridgehead atoms. The standard InChI is InChI=1S/C28H26N4O2/c1-18-16-32(17-19(2)34-18)23-13-11-22(12-14-23)26-28(33-3)25-6-4-5-24(27(25)31-30-26)21-9-7-20(15-29)8-10-21/h4-14,18-19H,16-17H2,1-3H3/t18-,19+. The second-order valence-corrected chi connectivity index (χ2v) is 8.68. The lowest BCUT2D eigenvalue weighted by Gasteiger charge is -2.36. The fourth-order valence-electron chi connectivity index (χ4n) is 4.68. The van der Waals surface area contributed by atoms with Crippen LogP contribution in [0.2, 0.25) is 0 Å². The number of nitriles is 1. The van der Waals surface area contributed by atoms with Crippen LogP contribution < -0.4 is 9.64 Å². The van der Waals surface area contributed by atoms with Crippen molar-refractivity contribution in [2.45, 2.75) is 26.1 Å². The zero-order valence-corrected chi connectivity index (χ0v) is 19.5. The highest BCUT2D eigenvalue weighted by atomic mass is 16.5. The van der Waals surface area contributed by atoms with Crippen molar-refractivity contribution in [2.24, 2.45) is 0 Å². The zero-order valence-electron chi connectivity index (χ0n) is 19.5. The molecular weight excluding hydrogens is 424 g/mol. The van der Waals surface area contributed by atoms with Gasteiger partial charge in [0, 0.05) is 35.3 Å². The molecule has 0 unspecified atom stereocenters. The first-order valence-corrected chi connectivity index (χ1v) is 11.4. The third-order valence-corrected chi connectivity index (χ3v) is 6.20. The molecule has 0 radical (unpaired) electrons. The number of hydrogen-bond acceptors (Lipinski definition) is 6.